The van der Waals surface area contributed by atoms with Crippen LogP contribution in [0.5, 0.6) is 5.75 Å². The van der Waals surface area contributed by atoms with Crippen LogP contribution < -0.4 is 14.2 Å². The molecule has 0 saturated heterocycles. The smallest absolute Gasteiger partial charge is 0.301 e. The maximum absolute atomic E-state index is 14.4. The van der Waals surface area contributed by atoms with E-state index in [-0.39, 0.29) is 22.8 Å². The Labute approximate surface area is 181 Å². The first kappa shape index (κ1) is 22.5. The molecule has 0 atom stereocenters. The van der Waals surface area contributed by atoms with E-state index < -0.39 is 27.5 Å². The number of aryl methyl sites for hydroxylation is 1. The molecule has 3 rings (SSSR count). The molecule has 162 valence electrons. The largest absolute Gasteiger partial charge is 0.487 e. The van der Waals surface area contributed by atoms with E-state index in [0.29, 0.717) is 0 Å². The number of carbonyl (C=O) groups excluding carboxylic acids is 1. The van der Waals surface area contributed by atoms with Crippen LogP contribution in [0.2, 0.25) is 5.02 Å². The monoisotopic (exact) mass is 454 g/mol. The van der Waals surface area contributed by atoms with E-state index in [9.17, 15) is 17.6 Å². The third kappa shape index (κ3) is 5.30. The first-order valence-electron chi connectivity index (χ1n) is 9.48. The highest BCUT2D eigenvalue weighted by atomic mass is 35.5. The van der Waals surface area contributed by atoms with Gasteiger partial charge < -0.3 is 4.74 Å². The molecule has 0 aliphatic heterocycles. The van der Waals surface area contributed by atoms with Gasteiger partial charge in [-0.3, -0.25) is 4.79 Å². The Hall–Kier alpha value is -2.16. The van der Waals surface area contributed by atoms with Crippen LogP contribution in [-0.4, -0.2) is 21.4 Å². The molecule has 2 aromatic carbocycles. The van der Waals surface area contributed by atoms with E-state index >= 15 is 0 Å². The van der Waals surface area contributed by atoms with Gasteiger partial charge in [0.05, 0.1) is 10.6 Å². The third-order valence-electron chi connectivity index (χ3n) is 5.17. The summed E-state index contributed by atoms with van der Waals surface area (Å²) in [6.45, 7) is 4.69. The molecule has 1 aliphatic carbocycles. The van der Waals surface area contributed by atoms with Crippen LogP contribution in [0, 0.1) is 11.2 Å². The second-order valence-corrected chi connectivity index (χ2v) is 10.2. The fourth-order valence-electron chi connectivity index (χ4n) is 3.46. The van der Waals surface area contributed by atoms with Crippen LogP contribution >= 0.6 is 11.6 Å². The van der Waals surface area contributed by atoms with Crippen molar-refractivity contribution in [3.05, 3.63) is 63.4 Å². The molecule has 0 bridgehead atoms. The maximum Gasteiger partial charge on any atom is 0.301 e. The Morgan fingerprint density at radius 2 is 1.97 bits per heavy atom. The molecule has 0 saturated carbocycles. The predicted molar refractivity (Wildman–Crippen MR) is 113 cm³/mol. The average Bonchev–Trinajstić information content (AvgIpc) is 2.66. The quantitative estimate of drug-likeness (QED) is 0.695. The molecule has 0 unspecified atom stereocenters. The lowest BCUT2D eigenvalue weighted by molar-refractivity contribution is 0.0977. The summed E-state index contributed by atoms with van der Waals surface area (Å²) in [5.41, 5.74) is 3.33. The van der Waals surface area contributed by atoms with E-state index in [4.69, 9.17) is 16.3 Å². The summed E-state index contributed by atoms with van der Waals surface area (Å²) in [4.78, 5) is 12.0. The van der Waals surface area contributed by atoms with Gasteiger partial charge in [-0.2, -0.15) is 8.42 Å². The van der Waals surface area contributed by atoms with Gasteiger partial charge >= 0.3 is 10.2 Å². The van der Waals surface area contributed by atoms with Gasteiger partial charge in [-0.05, 0) is 47.4 Å². The first-order valence-corrected chi connectivity index (χ1v) is 11.3. The molecule has 0 aromatic heterocycles. The maximum atomic E-state index is 14.4. The van der Waals surface area contributed by atoms with Gasteiger partial charge in [-0.15, -0.1) is 0 Å². The standard InChI is InChI=1S/C21H24ClFN2O4S/c1-21(2)7-6-14-5-4-13(8-15(14)11-21)12-29-19-10-18(23)16(9-17(19)22)20(26)25-30(27,28)24-3/h4-5,8-10,24H,6-7,11-12H2,1-3H3,(H,25,26). The summed E-state index contributed by atoms with van der Waals surface area (Å²) < 4.78 is 46.5. The Kier molecular flexibility index (Phi) is 6.40. The van der Waals surface area contributed by atoms with Crippen molar-refractivity contribution in [2.45, 2.75) is 39.7 Å². The lowest BCUT2D eigenvalue weighted by Crippen LogP contribution is -2.38. The molecule has 30 heavy (non-hydrogen) atoms. The lowest BCUT2D eigenvalue weighted by Gasteiger charge is -2.31. The van der Waals surface area contributed by atoms with Crippen LogP contribution in [-0.2, 0) is 29.7 Å². The minimum absolute atomic E-state index is 0.00231. The van der Waals surface area contributed by atoms with Crippen molar-refractivity contribution in [3.8, 4) is 5.75 Å². The number of halogens is 2. The molecule has 0 radical (unpaired) electrons. The van der Waals surface area contributed by atoms with Crippen LogP contribution in [0.15, 0.2) is 30.3 Å². The van der Waals surface area contributed by atoms with Crippen molar-refractivity contribution < 1.29 is 22.3 Å². The van der Waals surface area contributed by atoms with Gasteiger partial charge in [-0.25, -0.2) is 13.8 Å². The van der Waals surface area contributed by atoms with Crippen molar-refractivity contribution in [2.75, 3.05) is 7.05 Å². The number of rotatable bonds is 6. The fraction of sp³-hybridized carbons (Fsp3) is 0.381. The fourth-order valence-corrected chi connectivity index (χ4v) is 4.13. The Morgan fingerprint density at radius 1 is 1.23 bits per heavy atom. The summed E-state index contributed by atoms with van der Waals surface area (Å²) in [5.74, 6) is -2.00. The highest BCUT2D eigenvalue weighted by Crippen LogP contribution is 2.35. The van der Waals surface area contributed by atoms with E-state index in [1.165, 1.54) is 11.1 Å². The van der Waals surface area contributed by atoms with Gasteiger partial charge in [0.25, 0.3) is 5.91 Å². The molecular formula is C21H24ClFN2O4S. The minimum atomic E-state index is -4.06. The molecule has 1 aliphatic rings. The van der Waals surface area contributed by atoms with Crippen molar-refractivity contribution in [2.24, 2.45) is 5.41 Å². The molecule has 0 fully saturated rings. The van der Waals surface area contributed by atoms with Crippen molar-refractivity contribution in [1.82, 2.24) is 9.44 Å². The summed E-state index contributed by atoms with van der Waals surface area (Å²) in [5, 5.41) is 0.00231. The third-order valence-corrected chi connectivity index (χ3v) is 6.45. The lowest BCUT2D eigenvalue weighted by atomic mass is 9.74. The number of nitrogens with one attached hydrogen (secondary N) is 2. The van der Waals surface area contributed by atoms with Crippen LogP contribution in [0.1, 0.15) is 47.3 Å². The summed E-state index contributed by atoms with van der Waals surface area (Å²) in [7, 11) is -2.94. The molecule has 0 heterocycles. The second-order valence-electron chi connectivity index (χ2n) is 8.13. The van der Waals surface area contributed by atoms with Crippen LogP contribution in [0.3, 0.4) is 0 Å². The van der Waals surface area contributed by atoms with Gasteiger partial charge in [0.15, 0.2) is 0 Å². The predicted octanol–water partition coefficient (Wildman–Crippen LogP) is 3.77. The van der Waals surface area contributed by atoms with E-state index in [1.54, 1.807) is 4.72 Å². The number of benzene rings is 2. The Bertz CT molecular complexity index is 1090. The summed E-state index contributed by atoms with van der Waals surface area (Å²) in [6.07, 6.45) is 3.19. The molecule has 2 N–H and O–H groups in total. The SMILES string of the molecule is CNS(=O)(=O)NC(=O)c1cc(Cl)c(OCc2ccc3c(c2)CC(C)(C)CC3)cc1F. The van der Waals surface area contributed by atoms with Gasteiger partial charge in [0.2, 0.25) is 0 Å². The number of hydrogen-bond donors (Lipinski definition) is 2. The highest BCUT2D eigenvalue weighted by molar-refractivity contribution is 7.88. The zero-order valence-corrected chi connectivity index (χ0v) is 18.6. The van der Waals surface area contributed by atoms with E-state index in [2.05, 4.69) is 26.0 Å². The number of amides is 1. The van der Waals surface area contributed by atoms with Crippen LogP contribution in [0.25, 0.3) is 0 Å². The van der Waals surface area contributed by atoms with Gasteiger partial charge in [-0.1, -0.05) is 43.6 Å². The Balaban J connectivity index is 1.74. The van der Waals surface area contributed by atoms with Crippen molar-refractivity contribution >= 4 is 27.7 Å². The molecule has 9 heteroatoms. The number of ether oxygens (including phenoxy) is 1. The average molecular weight is 455 g/mol. The van der Waals surface area contributed by atoms with Gasteiger partial charge in [0.1, 0.15) is 18.2 Å². The summed E-state index contributed by atoms with van der Waals surface area (Å²) in [6, 6.07) is 8.20. The minimum Gasteiger partial charge on any atom is -0.487 e. The molecule has 2 aromatic rings. The van der Waals surface area contributed by atoms with Gasteiger partial charge in [0, 0.05) is 13.1 Å². The zero-order chi connectivity index (χ0) is 22.1. The highest BCUT2D eigenvalue weighted by Gasteiger charge is 2.25. The van der Waals surface area contributed by atoms with E-state index in [0.717, 1.165) is 44.0 Å². The van der Waals surface area contributed by atoms with E-state index in [1.807, 2.05) is 10.8 Å². The number of fused-ring (bicyclic) bond motifs is 1. The second kappa shape index (κ2) is 8.53. The summed E-state index contributed by atoms with van der Waals surface area (Å²) >= 11 is 6.13. The zero-order valence-electron chi connectivity index (χ0n) is 17.0. The van der Waals surface area contributed by atoms with Crippen molar-refractivity contribution in [1.29, 1.82) is 0 Å². The Morgan fingerprint density at radius 3 is 2.67 bits per heavy atom. The topological polar surface area (TPSA) is 84.5 Å². The number of carbonyl (C=O) groups is 1. The van der Waals surface area contributed by atoms with Crippen LogP contribution in [0.4, 0.5) is 4.39 Å². The first-order chi connectivity index (χ1) is 14.0. The van der Waals surface area contributed by atoms with Crippen molar-refractivity contribution in [3.63, 3.8) is 0 Å². The molecular weight excluding hydrogens is 431 g/mol. The normalized spacial score (nSPS) is 15.4. The molecule has 6 nitrogen and oxygen atoms in total. The number of hydrogen-bond acceptors (Lipinski definition) is 4. The molecule has 0 spiro atoms. The molecule has 1 amide bonds.